The standard InChI is InChI=1S/C58H96O6/c1-4-7-10-13-16-19-22-25-27-29-31-33-36-39-42-45-48-51-57(60)63-54-55(53-62-56(59)50-47-44-41-38-35-32-24-21-18-15-12-9-6-3)64-58(61)52-49-46-43-40-37-34-30-28-26-23-20-17-14-11-8-5-2/h8-9,11-12,15,17-18,20-21,24,26,28,32,34-35,37,55H,4-7,10,13-14,16,19,22-23,25,27,29-31,33,36,38-54H2,1-3H3/b11-8-,12-9-,18-15-,20-17-,24-21-,28-26-,35-32-,37-34-. The molecule has 0 aliphatic carbocycles. The Bertz CT molecular complexity index is 1300. The van der Waals surface area contributed by atoms with Crippen LogP contribution in [0.1, 0.15) is 233 Å². The Hall–Kier alpha value is -3.67. The summed E-state index contributed by atoms with van der Waals surface area (Å²) in [6.45, 7) is 6.32. The molecule has 0 N–H and O–H groups in total. The van der Waals surface area contributed by atoms with Crippen molar-refractivity contribution >= 4 is 17.9 Å². The predicted octanol–water partition coefficient (Wildman–Crippen LogP) is 17.4. The third-order valence-corrected chi connectivity index (χ3v) is 10.9. The Labute approximate surface area is 394 Å². The fourth-order valence-corrected chi connectivity index (χ4v) is 7.03. The van der Waals surface area contributed by atoms with Gasteiger partial charge < -0.3 is 14.2 Å². The van der Waals surface area contributed by atoms with E-state index in [0.29, 0.717) is 12.8 Å². The average molecular weight is 889 g/mol. The molecule has 6 nitrogen and oxygen atoms in total. The molecule has 0 rings (SSSR count). The van der Waals surface area contributed by atoms with E-state index in [0.717, 1.165) is 103 Å². The second-order valence-corrected chi connectivity index (χ2v) is 17.1. The van der Waals surface area contributed by atoms with Crippen LogP contribution < -0.4 is 0 Å². The van der Waals surface area contributed by atoms with Crippen molar-refractivity contribution in [2.24, 2.45) is 0 Å². The lowest BCUT2D eigenvalue weighted by Gasteiger charge is -2.18. The molecule has 0 radical (unpaired) electrons. The fraction of sp³-hybridized carbons (Fsp3) is 0.672. The molecule has 0 aliphatic heterocycles. The number of esters is 3. The van der Waals surface area contributed by atoms with E-state index >= 15 is 0 Å². The molecule has 364 valence electrons. The number of ether oxygens (including phenoxy) is 3. The average Bonchev–Trinajstić information content (AvgIpc) is 3.29. The van der Waals surface area contributed by atoms with Crippen molar-refractivity contribution in [3.63, 3.8) is 0 Å². The lowest BCUT2D eigenvalue weighted by Crippen LogP contribution is -2.30. The van der Waals surface area contributed by atoms with Gasteiger partial charge >= 0.3 is 17.9 Å². The van der Waals surface area contributed by atoms with E-state index in [1.807, 2.05) is 36.5 Å². The summed E-state index contributed by atoms with van der Waals surface area (Å²) in [5.41, 5.74) is 0. The fourth-order valence-electron chi connectivity index (χ4n) is 7.03. The summed E-state index contributed by atoms with van der Waals surface area (Å²) >= 11 is 0. The Kier molecular flexibility index (Phi) is 49.0. The normalized spacial score (nSPS) is 12.9. The van der Waals surface area contributed by atoms with Crippen LogP contribution in [0.4, 0.5) is 0 Å². The Morgan fingerprint density at radius 1 is 0.344 bits per heavy atom. The maximum absolute atomic E-state index is 12.8. The molecule has 0 heterocycles. The summed E-state index contributed by atoms with van der Waals surface area (Å²) in [4.78, 5) is 38.0. The summed E-state index contributed by atoms with van der Waals surface area (Å²) in [6.07, 6.45) is 68.2. The molecule has 1 atom stereocenters. The smallest absolute Gasteiger partial charge is 0.306 e. The molecule has 64 heavy (non-hydrogen) atoms. The van der Waals surface area contributed by atoms with Crippen molar-refractivity contribution < 1.29 is 28.6 Å². The van der Waals surface area contributed by atoms with Gasteiger partial charge in [0.15, 0.2) is 6.10 Å². The first kappa shape index (κ1) is 60.3. The minimum absolute atomic E-state index is 0.103. The Balaban J connectivity index is 4.47. The number of carbonyl (C=O) groups is 3. The molecule has 0 aromatic carbocycles. The van der Waals surface area contributed by atoms with Crippen molar-refractivity contribution in [2.75, 3.05) is 13.2 Å². The molecule has 0 saturated heterocycles. The SMILES string of the molecule is CC\C=C/C=C\C=C/C=C\CCCCCC(=O)OCC(COC(=O)CCCCCCCCCCCCCCCCCCC)OC(=O)CCCCC/C=C\C/C=C\C/C=C\C/C=C\CC. The molecule has 0 fully saturated rings. The van der Waals surface area contributed by atoms with Crippen LogP contribution in [-0.2, 0) is 28.6 Å². The van der Waals surface area contributed by atoms with E-state index in [4.69, 9.17) is 14.2 Å². The van der Waals surface area contributed by atoms with Crippen LogP contribution in [0, 0.1) is 0 Å². The van der Waals surface area contributed by atoms with E-state index in [1.54, 1.807) is 0 Å². The third kappa shape index (κ3) is 49.3. The molecule has 0 amide bonds. The third-order valence-electron chi connectivity index (χ3n) is 10.9. The quantitative estimate of drug-likeness (QED) is 0.0199. The number of carbonyl (C=O) groups excluding carboxylic acids is 3. The zero-order valence-corrected chi connectivity index (χ0v) is 41.5. The van der Waals surface area contributed by atoms with Gasteiger partial charge in [-0.1, -0.05) is 234 Å². The minimum atomic E-state index is -0.809. The van der Waals surface area contributed by atoms with Crippen molar-refractivity contribution in [3.05, 3.63) is 97.2 Å². The summed E-state index contributed by atoms with van der Waals surface area (Å²) < 4.78 is 16.7. The van der Waals surface area contributed by atoms with E-state index < -0.39 is 6.10 Å². The van der Waals surface area contributed by atoms with Crippen molar-refractivity contribution in [2.45, 2.75) is 239 Å². The van der Waals surface area contributed by atoms with Crippen molar-refractivity contribution in [3.8, 4) is 0 Å². The maximum atomic E-state index is 12.8. The van der Waals surface area contributed by atoms with Crippen LogP contribution in [0.15, 0.2) is 97.2 Å². The monoisotopic (exact) mass is 889 g/mol. The van der Waals surface area contributed by atoms with Gasteiger partial charge in [0.2, 0.25) is 0 Å². The number of hydrogen-bond acceptors (Lipinski definition) is 6. The first-order valence-corrected chi connectivity index (χ1v) is 26.3. The molecule has 0 aliphatic rings. The number of unbranched alkanes of at least 4 members (excludes halogenated alkanes) is 22. The molecular formula is C58H96O6. The lowest BCUT2D eigenvalue weighted by molar-refractivity contribution is -0.167. The number of allylic oxidation sites excluding steroid dienone is 16. The topological polar surface area (TPSA) is 78.9 Å². The lowest BCUT2D eigenvalue weighted by atomic mass is 10.0. The highest BCUT2D eigenvalue weighted by atomic mass is 16.6. The van der Waals surface area contributed by atoms with Crippen LogP contribution in [0.2, 0.25) is 0 Å². The molecule has 0 aromatic rings. The molecule has 6 heteroatoms. The molecule has 1 unspecified atom stereocenters. The van der Waals surface area contributed by atoms with E-state index in [1.165, 1.54) is 89.9 Å². The number of hydrogen-bond donors (Lipinski definition) is 0. The largest absolute Gasteiger partial charge is 0.462 e. The van der Waals surface area contributed by atoms with Crippen molar-refractivity contribution in [1.82, 2.24) is 0 Å². The second kappa shape index (κ2) is 52.0. The van der Waals surface area contributed by atoms with Crippen LogP contribution >= 0.6 is 0 Å². The van der Waals surface area contributed by atoms with Crippen LogP contribution in [-0.4, -0.2) is 37.2 Å². The van der Waals surface area contributed by atoms with Crippen LogP contribution in [0.5, 0.6) is 0 Å². The van der Waals surface area contributed by atoms with Gasteiger partial charge in [0.05, 0.1) is 0 Å². The predicted molar refractivity (Wildman–Crippen MR) is 274 cm³/mol. The van der Waals surface area contributed by atoms with Gasteiger partial charge in [-0.2, -0.15) is 0 Å². The summed E-state index contributed by atoms with van der Waals surface area (Å²) in [6, 6.07) is 0. The molecule has 0 aromatic heterocycles. The summed E-state index contributed by atoms with van der Waals surface area (Å²) in [5.74, 6) is -0.975. The first-order valence-electron chi connectivity index (χ1n) is 26.3. The summed E-state index contributed by atoms with van der Waals surface area (Å²) in [7, 11) is 0. The van der Waals surface area contributed by atoms with Gasteiger partial charge in [-0.3, -0.25) is 14.4 Å². The maximum Gasteiger partial charge on any atom is 0.306 e. The van der Waals surface area contributed by atoms with Gasteiger partial charge in [-0.25, -0.2) is 0 Å². The minimum Gasteiger partial charge on any atom is -0.462 e. The Morgan fingerprint density at radius 3 is 1.14 bits per heavy atom. The zero-order valence-electron chi connectivity index (χ0n) is 41.5. The Morgan fingerprint density at radius 2 is 0.688 bits per heavy atom. The van der Waals surface area contributed by atoms with E-state index in [2.05, 4.69) is 81.5 Å². The highest BCUT2D eigenvalue weighted by molar-refractivity contribution is 5.71. The van der Waals surface area contributed by atoms with Crippen molar-refractivity contribution in [1.29, 1.82) is 0 Å². The molecule has 0 spiro atoms. The van der Waals surface area contributed by atoms with Gasteiger partial charge in [0, 0.05) is 19.3 Å². The molecule has 0 saturated carbocycles. The van der Waals surface area contributed by atoms with Crippen LogP contribution in [0.3, 0.4) is 0 Å². The van der Waals surface area contributed by atoms with E-state index in [-0.39, 0.29) is 37.5 Å². The zero-order chi connectivity index (χ0) is 46.5. The highest BCUT2D eigenvalue weighted by Gasteiger charge is 2.19. The van der Waals surface area contributed by atoms with E-state index in [9.17, 15) is 14.4 Å². The summed E-state index contributed by atoms with van der Waals surface area (Å²) in [5, 5.41) is 0. The number of rotatable bonds is 46. The molecular weight excluding hydrogens is 793 g/mol. The van der Waals surface area contributed by atoms with Gasteiger partial charge in [-0.15, -0.1) is 0 Å². The van der Waals surface area contributed by atoms with Crippen LogP contribution in [0.25, 0.3) is 0 Å². The first-order chi connectivity index (χ1) is 31.5. The second-order valence-electron chi connectivity index (χ2n) is 17.1. The van der Waals surface area contributed by atoms with Gasteiger partial charge in [0.25, 0.3) is 0 Å². The highest BCUT2D eigenvalue weighted by Crippen LogP contribution is 2.15. The molecule has 0 bridgehead atoms. The van der Waals surface area contributed by atoms with Gasteiger partial charge in [0.1, 0.15) is 13.2 Å². The van der Waals surface area contributed by atoms with Gasteiger partial charge in [-0.05, 0) is 77.0 Å².